The topological polar surface area (TPSA) is 90.1 Å². The lowest BCUT2D eigenvalue weighted by Gasteiger charge is -2.09. The predicted octanol–water partition coefficient (Wildman–Crippen LogP) is 0.167. The molecule has 0 aliphatic carbocycles. The maximum atomic E-state index is 11.6. The van der Waals surface area contributed by atoms with Crippen molar-refractivity contribution in [2.24, 2.45) is 0 Å². The van der Waals surface area contributed by atoms with E-state index >= 15 is 0 Å². The molecule has 3 N–H and O–H groups in total. The smallest absolute Gasteiger partial charge is 0.222 e. The number of ether oxygens (including phenoxy) is 4. The van der Waals surface area contributed by atoms with E-state index < -0.39 is 0 Å². The molecule has 0 aromatic carbocycles. The highest BCUT2D eigenvalue weighted by atomic mass is 16.6. The van der Waals surface area contributed by atoms with Gasteiger partial charge in [0.15, 0.2) is 0 Å². The molecule has 0 unspecified atom stereocenters. The molecule has 0 aliphatic rings. The molecule has 0 atom stereocenters. The monoisotopic (exact) mass is 377 g/mol. The zero-order valence-electron chi connectivity index (χ0n) is 16.8. The molecule has 0 bridgehead atoms. The molecule has 26 heavy (non-hydrogen) atoms. The van der Waals surface area contributed by atoms with Crippen LogP contribution in [0, 0.1) is 0 Å². The highest BCUT2D eigenvalue weighted by Gasteiger charge is 2.01. The molecule has 0 aromatic rings. The van der Waals surface area contributed by atoms with Crippen molar-refractivity contribution in [3.05, 3.63) is 0 Å². The number of rotatable bonds is 20. The van der Waals surface area contributed by atoms with Crippen LogP contribution in [0.2, 0.25) is 0 Å². The Morgan fingerprint density at radius 2 is 1.31 bits per heavy atom. The van der Waals surface area contributed by atoms with E-state index in [1.54, 1.807) is 0 Å². The summed E-state index contributed by atoms with van der Waals surface area (Å²) in [6.45, 7) is 11.0. The number of likely N-dealkylation sites (N-methyl/N-ethyl adjacent to an activating group) is 1. The molecule has 1 amide bonds. The van der Waals surface area contributed by atoms with Gasteiger partial charge in [-0.15, -0.1) is 0 Å². The predicted molar refractivity (Wildman–Crippen MR) is 103 cm³/mol. The molecular formula is C18H39N3O5. The lowest BCUT2D eigenvalue weighted by molar-refractivity contribution is -0.122. The molecule has 8 heteroatoms. The number of hydrogen-bond acceptors (Lipinski definition) is 7. The molecule has 0 spiro atoms. The van der Waals surface area contributed by atoms with Crippen molar-refractivity contribution < 1.29 is 23.7 Å². The Balaban J connectivity index is 3.13. The third kappa shape index (κ3) is 21.3. The number of nitrogens with one attached hydrogen (secondary N) is 3. The van der Waals surface area contributed by atoms with Crippen LogP contribution in [0.5, 0.6) is 0 Å². The van der Waals surface area contributed by atoms with E-state index in [0.717, 1.165) is 19.5 Å². The molecular weight excluding hydrogens is 338 g/mol. The maximum absolute atomic E-state index is 11.6. The fourth-order valence-corrected chi connectivity index (χ4v) is 1.90. The van der Waals surface area contributed by atoms with Crippen molar-refractivity contribution >= 4 is 5.91 Å². The van der Waals surface area contributed by atoms with Gasteiger partial charge in [-0.25, -0.2) is 0 Å². The molecule has 0 aliphatic heterocycles. The molecule has 0 rings (SSSR count). The van der Waals surface area contributed by atoms with Crippen molar-refractivity contribution in [2.75, 3.05) is 79.5 Å². The molecule has 8 nitrogen and oxygen atoms in total. The van der Waals surface area contributed by atoms with Crippen LogP contribution in [-0.2, 0) is 23.7 Å². The zero-order chi connectivity index (χ0) is 19.3. The summed E-state index contributed by atoms with van der Waals surface area (Å²) in [7, 11) is 1.89. The molecule has 0 saturated heterocycles. The highest BCUT2D eigenvalue weighted by molar-refractivity contribution is 5.75. The highest BCUT2D eigenvalue weighted by Crippen LogP contribution is 1.87. The summed E-state index contributed by atoms with van der Waals surface area (Å²) >= 11 is 0. The fourth-order valence-electron chi connectivity index (χ4n) is 1.90. The molecule has 0 saturated carbocycles. The van der Waals surface area contributed by atoms with Crippen LogP contribution in [0.1, 0.15) is 26.7 Å². The number of carbonyl (C=O) groups excluding carboxylic acids is 1. The molecule has 0 radical (unpaired) electrons. The van der Waals surface area contributed by atoms with Crippen LogP contribution in [0.25, 0.3) is 0 Å². The van der Waals surface area contributed by atoms with Crippen molar-refractivity contribution in [3.63, 3.8) is 0 Å². The van der Waals surface area contributed by atoms with Gasteiger partial charge in [-0.3, -0.25) is 4.79 Å². The maximum Gasteiger partial charge on any atom is 0.222 e. The normalized spacial score (nSPS) is 11.2. The Hall–Kier alpha value is -0.770. The quantitative estimate of drug-likeness (QED) is 0.261. The summed E-state index contributed by atoms with van der Waals surface area (Å²) in [4.78, 5) is 11.6. The summed E-state index contributed by atoms with van der Waals surface area (Å²) in [5, 5.41) is 9.20. The van der Waals surface area contributed by atoms with Crippen LogP contribution < -0.4 is 16.0 Å². The van der Waals surface area contributed by atoms with E-state index in [9.17, 15) is 4.79 Å². The van der Waals surface area contributed by atoms with E-state index in [-0.39, 0.29) is 5.91 Å². The van der Waals surface area contributed by atoms with Crippen molar-refractivity contribution in [3.8, 4) is 0 Å². The van der Waals surface area contributed by atoms with E-state index in [1.807, 2.05) is 7.05 Å². The minimum Gasteiger partial charge on any atom is -0.379 e. The van der Waals surface area contributed by atoms with Gasteiger partial charge < -0.3 is 34.9 Å². The Morgan fingerprint density at radius 1 is 0.769 bits per heavy atom. The van der Waals surface area contributed by atoms with Crippen molar-refractivity contribution in [1.29, 1.82) is 0 Å². The third-order valence-electron chi connectivity index (χ3n) is 3.31. The standard InChI is InChI=1S/C18H39N3O5/c1-17(2)20-6-4-7-21-18(22)5-9-23-11-13-25-15-16-26-14-12-24-10-8-19-3/h17,19-20H,4-16H2,1-3H3,(H,21,22). The second-order valence-electron chi connectivity index (χ2n) is 6.12. The van der Waals surface area contributed by atoms with E-state index in [1.165, 1.54) is 0 Å². The van der Waals surface area contributed by atoms with Crippen LogP contribution in [0.15, 0.2) is 0 Å². The second-order valence-corrected chi connectivity index (χ2v) is 6.12. The van der Waals surface area contributed by atoms with Gasteiger partial charge >= 0.3 is 0 Å². The fraction of sp³-hybridized carbons (Fsp3) is 0.944. The van der Waals surface area contributed by atoms with Crippen LogP contribution in [0.3, 0.4) is 0 Å². The van der Waals surface area contributed by atoms with Gasteiger partial charge in [-0.1, -0.05) is 13.8 Å². The molecule has 0 heterocycles. The van der Waals surface area contributed by atoms with Crippen LogP contribution in [-0.4, -0.2) is 91.5 Å². The largest absolute Gasteiger partial charge is 0.379 e. The average molecular weight is 378 g/mol. The first-order valence-electron chi connectivity index (χ1n) is 9.62. The SMILES string of the molecule is CNCCOCCOCCOCCOCCC(=O)NCCCNC(C)C. The summed E-state index contributed by atoms with van der Waals surface area (Å²) in [6, 6.07) is 0.482. The van der Waals surface area contributed by atoms with E-state index in [0.29, 0.717) is 71.9 Å². The first kappa shape index (κ1) is 25.2. The average Bonchev–Trinajstić information content (AvgIpc) is 2.61. The first-order chi connectivity index (χ1) is 12.7. The Morgan fingerprint density at radius 3 is 1.85 bits per heavy atom. The lowest BCUT2D eigenvalue weighted by atomic mass is 10.3. The lowest BCUT2D eigenvalue weighted by Crippen LogP contribution is -2.30. The number of carbonyl (C=O) groups is 1. The van der Waals surface area contributed by atoms with Crippen molar-refractivity contribution in [2.45, 2.75) is 32.7 Å². The molecule has 156 valence electrons. The minimum atomic E-state index is 0.0285. The summed E-state index contributed by atoms with van der Waals surface area (Å²) in [6.07, 6.45) is 1.32. The summed E-state index contributed by atoms with van der Waals surface area (Å²) in [5.41, 5.74) is 0. The van der Waals surface area contributed by atoms with Crippen LogP contribution in [0.4, 0.5) is 0 Å². The van der Waals surface area contributed by atoms with Crippen LogP contribution >= 0.6 is 0 Å². The van der Waals surface area contributed by atoms with Gasteiger partial charge in [0.2, 0.25) is 5.91 Å². The Kier molecular flexibility index (Phi) is 19.9. The van der Waals surface area contributed by atoms with E-state index in [2.05, 4.69) is 29.8 Å². The van der Waals surface area contributed by atoms with Gasteiger partial charge in [0, 0.05) is 25.6 Å². The molecule has 0 fully saturated rings. The van der Waals surface area contributed by atoms with Gasteiger partial charge in [-0.2, -0.15) is 0 Å². The van der Waals surface area contributed by atoms with Gasteiger partial charge in [-0.05, 0) is 20.0 Å². The van der Waals surface area contributed by atoms with Gasteiger partial charge in [0.25, 0.3) is 0 Å². The van der Waals surface area contributed by atoms with Gasteiger partial charge in [0.05, 0.1) is 52.9 Å². The molecule has 0 aromatic heterocycles. The first-order valence-corrected chi connectivity index (χ1v) is 9.62. The van der Waals surface area contributed by atoms with E-state index in [4.69, 9.17) is 18.9 Å². The third-order valence-corrected chi connectivity index (χ3v) is 3.31. The second kappa shape index (κ2) is 20.5. The Labute approximate surface area is 158 Å². The number of amides is 1. The Bertz CT molecular complexity index is 307. The summed E-state index contributed by atoms with van der Waals surface area (Å²) < 4.78 is 21.5. The summed E-state index contributed by atoms with van der Waals surface area (Å²) in [5.74, 6) is 0.0285. The van der Waals surface area contributed by atoms with Crippen molar-refractivity contribution in [1.82, 2.24) is 16.0 Å². The van der Waals surface area contributed by atoms with Gasteiger partial charge in [0.1, 0.15) is 0 Å². The minimum absolute atomic E-state index is 0.0285. The zero-order valence-corrected chi connectivity index (χ0v) is 16.8. The number of hydrogen-bond donors (Lipinski definition) is 3.